The maximum absolute atomic E-state index is 7.33. The third-order valence-electron chi connectivity index (χ3n) is 0. The summed E-state index contributed by atoms with van der Waals surface area (Å²) in [7, 11) is -4.61. The molecule has 9 heavy (non-hydrogen) atoms. The quantitative estimate of drug-likeness (QED) is 0.279. The van der Waals surface area contributed by atoms with Gasteiger partial charge in [0.05, 0.1) is 0 Å². The van der Waals surface area contributed by atoms with Crippen molar-refractivity contribution in [1.82, 2.24) is 0 Å². The van der Waals surface area contributed by atoms with Gasteiger partial charge in [-0.1, -0.05) is 0 Å². The van der Waals surface area contributed by atoms with E-state index in [9.17, 15) is 0 Å². The van der Waals surface area contributed by atoms with Crippen LogP contribution in [0.4, 0.5) is 0 Å². The average Bonchev–Trinajstić information content (AvgIpc) is 0.722. The van der Waals surface area contributed by atoms with Crippen molar-refractivity contribution in [2.75, 3.05) is 0 Å². The molecule has 10 N–H and O–H groups in total. The van der Waals surface area contributed by atoms with Crippen LogP contribution in [0.25, 0.3) is 0 Å². The van der Waals surface area contributed by atoms with Crippen LogP contribution in [0.3, 0.4) is 0 Å². The van der Waals surface area contributed by atoms with Gasteiger partial charge >= 0.3 is 46.8 Å². The summed E-state index contributed by atoms with van der Waals surface area (Å²) in [5.74, 6) is 0. The first-order valence-corrected chi connectivity index (χ1v) is 2.68. The van der Waals surface area contributed by atoms with Gasteiger partial charge in [-0.2, -0.15) is 0 Å². The van der Waals surface area contributed by atoms with Gasteiger partial charge in [0.15, 0.2) is 0 Å². The first-order chi connectivity index (χ1) is 2.00. The van der Waals surface area contributed by atoms with Crippen molar-refractivity contribution in [2.24, 2.45) is 0 Å². The molecular formula is H12CaO7Si. The van der Waals surface area contributed by atoms with E-state index < -0.39 is 9.05 Å². The molecule has 0 unspecified atom stereocenters. The van der Waals surface area contributed by atoms with Crippen molar-refractivity contribution in [1.29, 1.82) is 0 Å². The van der Waals surface area contributed by atoms with E-state index >= 15 is 0 Å². The van der Waals surface area contributed by atoms with Crippen molar-refractivity contribution in [3.63, 3.8) is 0 Å². The topological polar surface area (TPSA) is 175 Å². The minimum absolute atomic E-state index is 0. The third kappa shape index (κ3) is 333. The van der Waals surface area contributed by atoms with Crippen LogP contribution in [-0.2, 0) is 0 Å². The van der Waals surface area contributed by atoms with Crippen molar-refractivity contribution in [3.05, 3.63) is 0 Å². The van der Waals surface area contributed by atoms with Gasteiger partial charge in [-0.15, -0.1) is 0 Å². The van der Waals surface area contributed by atoms with Crippen molar-refractivity contribution in [3.8, 4) is 0 Å². The monoisotopic (exact) mass is 192 g/mol. The third-order valence-corrected chi connectivity index (χ3v) is 0. The summed E-state index contributed by atoms with van der Waals surface area (Å²) in [6.07, 6.45) is 0. The van der Waals surface area contributed by atoms with Crippen LogP contribution in [-0.4, -0.2) is 82.4 Å². The van der Waals surface area contributed by atoms with Crippen LogP contribution in [0.2, 0.25) is 0 Å². The summed E-state index contributed by atoms with van der Waals surface area (Å²) >= 11 is 0. The van der Waals surface area contributed by atoms with Gasteiger partial charge in [0.2, 0.25) is 0 Å². The molecule has 0 heterocycles. The second-order valence-electron chi connectivity index (χ2n) is 0.600. The second kappa shape index (κ2) is 11.9. The molecule has 0 aliphatic carbocycles. The molecule has 0 rings (SSSR count). The Balaban J connectivity index is -0.0000000133. The molecule has 0 amide bonds. The Morgan fingerprint density at radius 2 is 0.667 bits per heavy atom. The van der Waals surface area contributed by atoms with Crippen molar-refractivity contribution in [2.45, 2.75) is 0 Å². The standard InChI is InChI=1S/Ca.H4O4Si.3H2O.2H/c;1-5(2,3)4;;;;;/h;1-4H;3*1H2;;. The van der Waals surface area contributed by atoms with Crippen molar-refractivity contribution >= 4 is 46.8 Å². The van der Waals surface area contributed by atoms with E-state index in [1.54, 1.807) is 0 Å². The Morgan fingerprint density at radius 3 is 0.667 bits per heavy atom. The molecule has 0 aliphatic heterocycles. The Hall–Kier alpha value is 1.20. The van der Waals surface area contributed by atoms with Gasteiger partial charge in [-0.3, -0.25) is 0 Å². The van der Waals surface area contributed by atoms with Gasteiger partial charge in [-0.25, -0.2) is 0 Å². The molecule has 60 valence electrons. The molecule has 7 nitrogen and oxygen atoms in total. The van der Waals surface area contributed by atoms with Crippen LogP contribution in [0.1, 0.15) is 0 Å². The van der Waals surface area contributed by atoms with Crippen molar-refractivity contribution < 1.29 is 35.6 Å². The molecule has 0 aromatic carbocycles. The van der Waals surface area contributed by atoms with Gasteiger partial charge in [-0.05, 0) is 0 Å². The minimum atomic E-state index is -4.61. The summed E-state index contributed by atoms with van der Waals surface area (Å²) in [6, 6.07) is 0. The van der Waals surface area contributed by atoms with E-state index in [0.29, 0.717) is 0 Å². The van der Waals surface area contributed by atoms with E-state index in [0.717, 1.165) is 0 Å². The fourth-order valence-corrected chi connectivity index (χ4v) is 0. The molecular weight excluding hydrogens is 180 g/mol. The van der Waals surface area contributed by atoms with E-state index in [-0.39, 0.29) is 54.2 Å². The molecule has 0 fully saturated rings. The average molecular weight is 192 g/mol. The van der Waals surface area contributed by atoms with E-state index in [1.807, 2.05) is 0 Å². The first kappa shape index (κ1) is 31.9. The SMILES string of the molecule is O.O.O.O[Si](O)(O)O.[CaH2]. The molecule has 0 saturated carbocycles. The van der Waals surface area contributed by atoms with Crippen LogP contribution in [0, 0.1) is 0 Å². The number of hydrogen-bond acceptors (Lipinski definition) is 4. The normalized spacial score (nSPS) is 6.67. The molecule has 0 atom stereocenters. The molecule has 0 aliphatic rings. The molecule has 0 spiro atoms. The number of hydrogen-bond donors (Lipinski definition) is 4. The zero-order valence-electron chi connectivity index (χ0n) is 3.79. The predicted octanol–water partition coefficient (Wildman–Crippen LogP) is -6.00. The predicted molar refractivity (Wildman–Crippen MR) is 34.0 cm³/mol. The summed E-state index contributed by atoms with van der Waals surface area (Å²) in [5.41, 5.74) is 0. The Bertz CT molecular complexity index is 24.4. The maximum atomic E-state index is 7.33. The van der Waals surface area contributed by atoms with Crippen LogP contribution >= 0.6 is 0 Å². The fourth-order valence-electron chi connectivity index (χ4n) is 0. The molecule has 0 aromatic heterocycles. The van der Waals surface area contributed by atoms with Crippen LogP contribution < -0.4 is 0 Å². The second-order valence-corrected chi connectivity index (χ2v) is 1.80. The Morgan fingerprint density at radius 1 is 0.667 bits per heavy atom. The number of rotatable bonds is 0. The zero-order valence-corrected chi connectivity index (χ0v) is 4.79. The fraction of sp³-hybridized carbons (Fsp3) is 0. The van der Waals surface area contributed by atoms with Crippen LogP contribution in [0.5, 0.6) is 0 Å². The first-order valence-electron chi connectivity index (χ1n) is 0.894. The van der Waals surface area contributed by atoms with Gasteiger partial charge in [0.25, 0.3) is 0 Å². The van der Waals surface area contributed by atoms with Gasteiger partial charge in [0, 0.05) is 0 Å². The molecule has 0 saturated heterocycles. The van der Waals surface area contributed by atoms with Crippen LogP contribution in [0.15, 0.2) is 0 Å². The van der Waals surface area contributed by atoms with Gasteiger partial charge in [0.1, 0.15) is 0 Å². The summed E-state index contributed by atoms with van der Waals surface area (Å²) < 4.78 is 0. The van der Waals surface area contributed by atoms with E-state index in [1.165, 1.54) is 0 Å². The van der Waals surface area contributed by atoms with E-state index in [2.05, 4.69) is 0 Å². The summed E-state index contributed by atoms with van der Waals surface area (Å²) in [5, 5.41) is 0. The molecule has 0 radical (unpaired) electrons. The summed E-state index contributed by atoms with van der Waals surface area (Å²) in [4.78, 5) is 29.3. The van der Waals surface area contributed by atoms with E-state index in [4.69, 9.17) is 19.2 Å². The molecule has 9 heteroatoms. The Labute approximate surface area is 82.0 Å². The van der Waals surface area contributed by atoms with Gasteiger partial charge < -0.3 is 35.6 Å². The molecule has 0 aromatic rings. The molecule has 0 bridgehead atoms. The Kier molecular flexibility index (Phi) is 42.3. The zero-order chi connectivity index (χ0) is 4.50. The summed E-state index contributed by atoms with van der Waals surface area (Å²) in [6.45, 7) is 0.